The van der Waals surface area contributed by atoms with Crippen LogP contribution in [0.2, 0.25) is 0 Å². The SMILES string of the molecule is CC1CC(C#N)(C(=O)N2CCSCC2S(C)(=O)=O)C1. The third kappa shape index (κ3) is 2.61. The lowest BCUT2D eigenvalue weighted by molar-refractivity contribution is -0.145. The smallest absolute Gasteiger partial charge is 0.244 e. The fraction of sp³-hybridized carbons (Fsp3) is 0.833. The first-order valence-corrected chi connectivity index (χ1v) is 9.40. The molecule has 5 nitrogen and oxygen atoms in total. The molecule has 0 aromatic rings. The van der Waals surface area contributed by atoms with E-state index in [4.69, 9.17) is 0 Å². The van der Waals surface area contributed by atoms with Gasteiger partial charge in [-0.1, -0.05) is 6.92 Å². The van der Waals surface area contributed by atoms with Crippen molar-refractivity contribution in [3.05, 3.63) is 0 Å². The molecule has 1 aliphatic heterocycles. The first-order valence-electron chi connectivity index (χ1n) is 6.29. The second kappa shape index (κ2) is 4.98. The first kappa shape index (κ1) is 14.7. The van der Waals surface area contributed by atoms with Crippen LogP contribution in [0.25, 0.3) is 0 Å². The molecule has 0 aromatic heterocycles. The van der Waals surface area contributed by atoms with Crippen LogP contribution in [-0.4, -0.2) is 48.9 Å². The summed E-state index contributed by atoms with van der Waals surface area (Å²) in [7, 11) is -3.31. The molecule has 1 amide bonds. The standard InChI is InChI=1S/C12H18N2O3S2/c1-9-5-12(6-9,8-13)11(15)14-3-4-18-7-10(14)19(2,16)17/h9-10H,3-7H2,1-2H3. The van der Waals surface area contributed by atoms with Gasteiger partial charge < -0.3 is 4.90 Å². The minimum atomic E-state index is -3.31. The number of nitriles is 1. The summed E-state index contributed by atoms with van der Waals surface area (Å²) in [6, 6.07) is 2.12. The summed E-state index contributed by atoms with van der Waals surface area (Å²) in [6.45, 7) is 2.42. The van der Waals surface area contributed by atoms with Crippen LogP contribution in [-0.2, 0) is 14.6 Å². The number of carbonyl (C=O) groups excluding carboxylic acids is 1. The Kier molecular flexibility index (Phi) is 3.85. The summed E-state index contributed by atoms with van der Waals surface area (Å²) in [5.74, 6) is 1.21. The molecule has 0 radical (unpaired) electrons. The average Bonchev–Trinajstić information content (AvgIpc) is 2.33. The Bertz CT molecular complexity index is 518. The van der Waals surface area contributed by atoms with E-state index >= 15 is 0 Å². The van der Waals surface area contributed by atoms with Crippen molar-refractivity contribution in [2.75, 3.05) is 24.3 Å². The topological polar surface area (TPSA) is 78.2 Å². The molecule has 2 fully saturated rings. The predicted octanol–water partition coefficient (Wildman–Crippen LogP) is 0.872. The Morgan fingerprint density at radius 2 is 2.11 bits per heavy atom. The zero-order chi connectivity index (χ0) is 14.3. The fourth-order valence-electron chi connectivity index (χ4n) is 2.89. The van der Waals surface area contributed by atoms with Gasteiger partial charge in [0.2, 0.25) is 5.91 Å². The molecule has 1 heterocycles. The predicted molar refractivity (Wildman–Crippen MR) is 74.1 cm³/mol. The highest BCUT2D eigenvalue weighted by molar-refractivity contribution is 8.00. The van der Waals surface area contributed by atoms with Crippen LogP contribution >= 0.6 is 11.8 Å². The lowest BCUT2D eigenvalue weighted by atomic mass is 9.62. The normalized spacial score (nSPS) is 35.3. The highest BCUT2D eigenvalue weighted by Gasteiger charge is 2.52. The number of nitrogens with zero attached hydrogens (tertiary/aromatic N) is 2. The molecule has 19 heavy (non-hydrogen) atoms. The molecule has 7 heteroatoms. The van der Waals surface area contributed by atoms with Crippen molar-refractivity contribution in [1.82, 2.24) is 4.90 Å². The lowest BCUT2D eigenvalue weighted by Gasteiger charge is -2.45. The van der Waals surface area contributed by atoms with Crippen molar-refractivity contribution in [1.29, 1.82) is 5.26 Å². The number of sulfone groups is 1. The molecule has 106 valence electrons. The number of rotatable bonds is 2. The van der Waals surface area contributed by atoms with E-state index in [9.17, 15) is 18.5 Å². The van der Waals surface area contributed by atoms with Crippen LogP contribution in [0.4, 0.5) is 0 Å². The summed E-state index contributed by atoms with van der Waals surface area (Å²) in [5, 5.41) is 8.51. The van der Waals surface area contributed by atoms with Gasteiger partial charge in [-0.2, -0.15) is 17.0 Å². The third-order valence-corrected chi connectivity index (χ3v) is 6.50. The second-order valence-corrected chi connectivity index (χ2v) is 8.92. The Hall–Kier alpha value is -0.740. The molecule has 1 aliphatic carbocycles. The highest BCUT2D eigenvalue weighted by atomic mass is 32.2. The third-order valence-electron chi connectivity index (χ3n) is 3.86. The maximum atomic E-state index is 12.6. The average molecular weight is 302 g/mol. The molecule has 0 bridgehead atoms. The van der Waals surface area contributed by atoms with Gasteiger partial charge in [-0.3, -0.25) is 4.79 Å². The number of carbonyl (C=O) groups is 1. The second-order valence-electron chi connectivity index (χ2n) is 5.56. The summed E-state index contributed by atoms with van der Waals surface area (Å²) in [4.78, 5) is 14.0. The van der Waals surface area contributed by atoms with Gasteiger partial charge in [0.05, 0.1) is 6.07 Å². The molecule has 1 unspecified atom stereocenters. The van der Waals surface area contributed by atoms with Gasteiger partial charge in [0.15, 0.2) is 9.84 Å². The van der Waals surface area contributed by atoms with Crippen LogP contribution in [0.1, 0.15) is 19.8 Å². The van der Waals surface area contributed by atoms with Crippen molar-refractivity contribution in [3.8, 4) is 6.07 Å². The molecule has 2 rings (SSSR count). The van der Waals surface area contributed by atoms with E-state index in [-0.39, 0.29) is 5.91 Å². The highest BCUT2D eigenvalue weighted by Crippen LogP contribution is 2.47. The zero-order valence-electron chi connectivity index (χ0n) is 11.1. The number of hydrogen-bond donors (Lipinski definition) is 0. The van der Waals surface area contributed by atoms with Crippen molar-refractivity contribution in [2.45, 2.75) is 25.1 Å². The van der Waals surface area contributed by atoms with E-state index in [1.54, 1.807) is 0 Å². The van der Waals surface area contributed by atoms with Crippen molar-refractivity contribution in [3.63, 3.8) is 0 Å². The molecule has 0 aromatic carbocycles. The summed E-state index contributed by atoms with van der Waals surface area (Å²) in [6.07, 6.45) is 2.25. The molecule has 0 spiro atoms. The first-order chi connectivity index (χ1) is 8.80. The minimum Gasteiger partial charge on any atom is -0.323 e. The van der Waals surface area contributed by atoms with Gasteiger partial charge >= 0.3 is 0 Å². The van der Waals surface area contributed by atoms with E-state index < -0.39 is 20.6 Å². The van der Waals surface area contributed by atoms with E-state index in [2.05, 4.69) is 6.07 Å². The number of amides is 1. The fourth-order valence-corrected chi connectivity index (χ4v) is 5.70. The zero-order valence-corrected chi connectivity index (χ0v) is 12.8. The van der Waals surface area contributed by atoms with Gasteiger partial charge in [0.1, 0.15) is 10.8 Å². The van der Waals surface area contributed by atoms with Crippen molar-refractivity contribution >= 4 is 27.5 Å². The van der Waals surface area contributed by atoms with E-state index in [1.165, 1.54) is 16.7 Å². The molecular formula is C12H18N2O3S2. The van der Waals surface area contributed by atoms with Crippen LogP contribution in [0, 0.1) is 22.7 Å². The summed E-state index contributed by atoms with van der Waals surface area (Å²) < 4.78 is 23.6. The summed E-state index contributed by atoms with van der Waals surface area (Å²) in [5.41, 5.74) is -0.982. The van der Waals surface area contributed by atoms with Crippen LogP contribution in [0.5, 0.6) is 0 Å². The van der Waals surface area contributed by atoms with Gasteiger partial charge in [0, 0.05) is 24.3 Å². The Balaban J connectivity index is 2.24. The van der Waals surface area contributed by atoms with Crippen LogP contribution < -0.4 is 0 Å². The minimum absolute atomic E-state index is 0.288. The van der Waals surface area contributed by atoms with Crippen molar-refractivity contribution in [2.24, 2.45) is 11.3 Å². The molecule has 1 saturated carbocycles. The van der Waals surface area contributed by atoms with Crippen molar-refractivity contribution < 1.29 is 13.2 Å². The molecule has 1 atom stereocenters. The maximum absolute atomic E-state index is 12.6. The molecule has 1 saturated heterocycles. The lowest BCUT2D eigenvalue weighted by Crippen LogP contribution is -2.57. The summed E-state index contributed by atoms with van der Waals surface area (Å²) >= 11 is 1.54. The van der Waals surface area contributed by atoms with E-state index in [0.29, 0.717) is 31.1 Å². The Labute approximate surface area is 118 Å². The molecule has 2 aliphatic rings. The van der Waals surface area contributed by atoms with Gasteiger partial charge in [0.25, 0.3) is 0 Å². The Morgan fingerprint density at radius 1 is 1.47 bits per heavy atom. The van der Waals surface area contributed by atoms with Crippen LogP contribution in [0.15, 0.2) is 0 Å². The van der Waals surface area contributed by atoms with E-state index in [0.717, 1.165) is 12.0 Å². The van der Waals surface area contributed by atoms with Gasteiger partial charge in [-0.25, -0.2) is 8.42 Å². The molecular weight excluding hydrogens is 284 g/mol. The maximum Gasteiger partial charge on any atom is 0.244 e. The van der Waals surface area contributed by atoms with Gasteiger partial charge in [-0.15, -0.1) is 0 Å². The largest absolute Gasteiger partial charge is 0.323 e. The monoisotopic (exact) mass is 302 g/mol. The van der Waals surface area contributed by atoms with E-state index in [1.807, 2.05) is 6.92 Å². The molecule has 0 N–H and O–H groups in total. The Morgan fingerprint density at radius 3 is 2.58 bits per heavy atom. The van der Waals surface area contributed by atoms with Crippen LogP contribution in [0.3, 0.4) is 0 Å². The van der Waals surface area contributed by atoms with Gasteiger partial charge in [-0.05, 0) is 18.8 Å². The quantitative estimate of drug-likeness (QED) is 0.756. The number of thioether (sulfide) groups is 1. The number of hydrogen-bond acceptors (Lipinski definition) is 5.